The highest BCUT2D eigenvalue weighted by atomic mass is 15.2. The van der Waals surface area contributed by atoms with Crippen LogP contribution in [0, 0.1) is 11.3 Å². The second-order valence-corrected chi connectivity index (χ2v) is 16.2. The van der Waals surface area contributed by atoms with Crippen LogP contribution in [0.3, 0.4) is 0 Å². The first kappa shape index (κ1) is 36.5. The van der Waals surface area contributed by atoms with Gasteiger partial charge in [-0.05, 0) is 85.1 Å². The van der Waals surface area contributed by atoms with Gasteiger partial charge in [0.05, 0.1) is 44.4 Å². The van der Waals surface area contributed by atoms with E-state index in [0.29, 0.717) is 23.2 Å². The number of rotatable bonds is 8. The Hall–Kier alpha value is -8.34. The number of para-hydroxylation sites is 5. The number of fused-ring (bicyclic) bond motifs is 10. The minimum atomic E-state index is 0.495. The van der Waals surface area contributed by atoms with E-state index < -0.39 is 0 Å². The molecule has 0 aliphatic heterocycles. The number of nitrogens with zero attached hydrogens (tertiary/aromatic N) is 7. The lowest BCUT2D eigenvalue weighted by Gasteiger charge is -2.14. The summed E-state index contributed by atoms with van der Waals surface area (Å²) >= 11 is 0. The molecule has 0 spiro atoms. The van der Waals surface area contributed by atoms with Gasteiger partial charge in [0.1, 0.15) is 6.07 Å². The molecule has 7 nitrogen and oxygen atoms in total. The maximum Gasteiger partial charge on any atom is 0.238 e. The zero-order chi connectivity index (χ0) is 42.0. The molecule has 0 atom stereocenters. The summed E-state index contributed by atoms with van der Waals surface area (Å²) in [5.41, 5.74) is 11.6. The Morgan fingerprint density at radius 3 is 1.73 bits per heavy atom. The molecule has 4 aromatic heterocycles. The third-order valence-electron chi connectivity index (χ3n) is 12.5. The van der Waals surface area contributed by atoms with Crippen LogP contribution in [0.25, 0.3) is 106 Å². The number of nitriles is 1. The van der Waals surface area contributed by atoms with E-state index in [-0.39, 0.29) is 0 Å². The van der Waals surface area contributed by atoms with Crippen LogP contribution in [0.1, 0.15) is 30.9 Å². The topological polar surface area (TPSA) is 77.2 Å². The average molecular weight is 810 g/mol. The first-order valence-corrected chi connectivity index (χ1v) is 21.6. The smallest absolute Gasteiger partial charge is 0.238 e. The van der Waals surface area contributed by atoms with Crippen LogP contribution < -0.4 is 0 Å². The Kier molecular flexibility index (Phi) is 8.51. The lowest BCUT2D eigenvalue weighted by atomic mass is 10.0. The lowest BCUT2D eigenvalue weighted by Crippen LogP contribution is -2.07. The monoisotopic (exact) mass is 809 g/mol. The molecule has 0 aliphatic carbocycles. The van der Waals surface area contributed by atoms with E-state index >= 15 is 0 Å². The van der Waals surface area contributed by atoms with Crippen molar-refractivity contribution in [3.63, 3.8) is 0 Å². The zero-order valence-electron chi connectivity index (χ0n) is 34.6. The molecule has 0 saturated heterocycles. The van der Waals surface area contributed by atoms with E-state index in [1.807, 2.05) is 6.07 Å². The molecule has 0 saturated carbocycles. The van der Waals surface area contributed by atoms with Crippen LogP contribution in [0.2, 0.25) is 0 Å². The average Bonchev–Trinajstić information content (AvgIpc) is 3.99. The van der Waals surface area contributed by atoms with E-state index in [0.717, 1.165) is 107 Å². The van der Waals surface area contributed by atoms with Gasteiger partial charge in [0, 0.05) is 49.1 Å². The minimum Gasteiger partial charge on any atom is -0.309 e. The summed E-state index contributed by atoms with van der Waals surface area (Å²) < 4.78 is 6.75. The first-order chi connectivity index (χ1) is 31.2. The van der Waals surface area contributed by atoms with Gasteiger partial charge in [0.25, 0.3) is 0 Å². The van der Waals surface area contributed by atoms with Crippen LogP contribution in [0.15, 0.2) is 182 Å². The lowest BCUT2D eigenvalue weighted by molar-refractivity contribution is 0.795. The van der Waals surface area contributed by atoms with E-state index in [1.165, 1.54) is 5.56 Å². The van der Waals surface area contributed by atoms with Gasteiger partial charge in [-0.3, -0.25) is 4.57 Å². The second-order valence-electron chi connectivity index (χ2n) is 16.2. The van der Waals surface area contributed by atoms with Crippen LogP contribution in [0.4, 0.5) is 0 Å². The van der Waals surface area contributed by atoms with Crippen molar-refractivity contribution in [3.8, 4) is 46.2 Å². The van der Waals surface area contributed by atoms with Crippen LogP contribution in [-0.4, -0.2) is 28.7 Å². The fourth-order valence-electron chi connectivity index (χ4n) is 9.68. The normalized spacial score (nSPS) is 11.7. The van der Waals surface area contributed by atoms with Gasteiger partial charge in [0.2, 0.25) is 5.95 Å². The Labute approximate surface area is 363 Å². The van der Waals surface area contributed by atoms with Gasteiger partial charge in [-0.2, -0.15) is 15.2 Å². The molecule has 8 aromatic carbocycles. The third kappa shape index (κ3) is 5.76. The minimum absolute atomic E-state index is 0.495. The van der Waals surface area contributed by atoms with Gasteiger partial charge < -0.3 is 9.13 Å². The van der Waals surface area contributed by atoms with Crippen molar-refractivity contribution >= 4 is 65.4 Å². The molecule has 0 aliphatic rings. The van der Waals surface area contributed by atoms with Crippen molar-refractivity contribution in [2.45, 2.75) is 26.2 Å². The molecular weight excluding hydrogens is 771 g/mol. The van der Waals surface area contributed by atoms with E-state index in [9.17, 15) is 5.26 Å². The maximum atomic E-state index is 11.1. The molecule has 7 heteroatoms. The number of aromatic nitrogens is 6. The first-order valence-electron chi connectivity index (χ1n) is 21.6. The fraction of sp³-hybridized carbons (Fsp3) is 0.0714. The number of unbranched alkanes of at least 4 members (excludes halogenated alkanes) is 1. The van der Waals surface area contributed by atoms with E-state index in [4.69, 9.17) is 15.0 Å². The van der Waals surface area contributed by atoms with Crippen molar-refractivity contribution in [1.29, 1.82) is 5.26 Å². The molecule has 63 heavy (non-hydrogen) atoms. The predicted octanol–water partition coefficient (Wildman–Crippen LogP) is 13.7. The molecule has 0 amide bonds. The van der Waals surface area contributed by atoms with Crippen LogP contribution in [-0.2, 0) is 6.42 Å². The second kappa shape index (κ2) is 14.7. The third-order valence-corrected chi connectivity index (χ3v) is 12.5. The number of hydrogen-bond donors (Lipinski definition) is 0. The molecule has 0 unspecified atom stereocenters. The van der Waals surface area contributed by atoms with Crippen LogP contribution >= 0.6 is 0 Å². The van der Waals surface area contributed by atoms with Gasteiger partial charge in [-0.15, -0.1) is 0 Å². The SMILES string of the molecule is CCCCc1cccc(-c2nc(-c3ccc(-n4c5ccccc5c5ccc6c(c7ccccc7n6-c6ccccc6)c54)c(C#N)c3)nc(-n3c4ccccc4c4ccccc43)n2)c1. The highest BCUT2D eigenvalue weighted by Gasteiger charge is 2.23. The molecule has 0 fully saturated rings. The molecule has 12 aromatic rings. The van der Waals surface area contributed by atoms with E-state index in [1.54, 1.807) is 0 Å². The summed E-state index contributed by atoms with van der Waals surface area (Å²) in [5, 5.41) is 17.9. The van der Waals surface area contributed by atoms with Gasteiger partial charge in [-0.1, -0.05) is 129 Å². The van der Waals surface area contributed by atoms with Crippen molar-refractivity contribution in [2.75, 3.05) is 0 Å². The predicted molar refractivity (Wildman–Crippen MR) is 257 cm³/mol. The summed E-state index contributed by atoms with van der Waals surface area (Å²) in [6, 6.07) is 66.0. The largest absolute Gasteiger partial charge is 0.309 e. The molecule has 0 radical (unpaired) electrons. The summed E-state index contributed by atoms with van der Waals surface area (Å²) in [7, 11) is 0. The Morgan fingerprint density at radius 2 is 1.06 bits per heavy atom. The maximum absolute atomic E-state index is 11.1. The van der Waals surface area contributed by atoms with Crippen molar-refractivity contribution < 1.29 is 0 Å². The molecular formula is C56H39N7. The summed E-state index contributed by atoms with van der Waals surface area (Å²) in [4.78, 5) is 15.6. The standard InChI is InChI=1S/C56H39N7/c1-2-3-16-36-17-15-18-37(33-36)54-58-55(60-56(59-54)63-48-26-12-7-21-41(48)42-22-8-13-27-49(42)63)38-29-31-46(39(34-38)35-57)62-47-25-11-9-23-43(47)44-30-32-51-52(53(44)62)45-24-10-14-28-50(45)61(51)40-19-5-4-6-20-40/h4-15,17-34H,2-3,16H2,1H3. The highest BCUT2D eigenvalue weighted by Crippen LogP contribution is 2.43. The molecule has 12 rings (SSSR count). The fourth-order valence-corrected chi connectivity index (χ4v) is 9.68. The van der Waals surface area contributed by atoms with Gasteiger partial charge >= 0.3 is 0 Å². The Morgan fingerprint density at radius 1 is 0.476 bits per heavy atom. The molecule has 0 bridgehead atoms. The summed E-state index contributed by atoms with van der Waals surface area (Å²) in [5.74, 6) is 1.60. The quantitative estimate of drug-likeness (QED) is 0.153. The van der Waals surface area contributed by atoms with Crippen molar-refractivity contribution in [1.82, 2.24) is 28.7 Å². The number of hydrogen-bond acceptors (Lipinski definition) is 4. The highest BCUT2D eigenvalue weighted by molar-refractivity contribution is 6.26. The van der Waals surface area contributed by atoms with E-state index in [2.05, 4.69) is 203 Å². The van der Waals surface area contributed by atoms with Gasteiger partial charge in [0.15, 0.2) is 11.6 Å². The van der Waals surface area contributed by atoms with Crippen LogP contribution in [0.5, 0.6) is 0 Å². The molecule has 0 N–H and O–H groups in total. The number of aryl methyl sites for hydroxylation is 1. The summed E-state index contributed by atoms with van der Waals surface area (Å²) in [6.07, 6.45) is 3.21. The Balaban J connectivity index is 1.10. The van der Waals surface area contributed by atoms with Crippen molar-refractivity contribution in [3.05, 3.63) is 193 Å². The number of benzene rings is 8. The Bertz CT molecular complexity index is 3750. The summed E-state index contributed by atoms with van der Waals surface area (Å²) in [6.45, 7) is 2.22. The molecule has 4 heterocycles. The van der Waals surface area contributed by atoms with Gasteiger partial charge in [-0.25, -0.2) is 4.98 Å². The zero-order valence-corrected chi connectivity index (χ0v) is 34.6. The molecule has 298 valence electrons. The van der Waals surface area contributed by atoms with Crippen molar-refractivity contribution in [2.24, 2.45) is 0 Å².